The van der Waals surface area contributed by atoms with Crippen LogP contribution in [0.15, 0.2) is 41.3 Å². The van der Waals surface area contributed by atoms with Gasteiger partial charge in [0, 0.05) is 6.07 Å². The lowest BCUT2D eigenvalue weighted by atomic mass is 10.3. The van der Waals surface area contributed by atoms with Gasteiger partial charge in [-0.25, -0.2) is 8.42 Å². The van der Waals surface area contributed by atoms with Crippen LogP contribution >= 0.6 is 23.2 Å². The molecule has 22 heavy (non-hydrogen) atoms. The highest BCUT2D eigenvalue weighted by Gasteiger charge is 2.21. The lowest BCUT2D eigenvalue weighted by molar-refractivity contribution is 0.395. The first-order valence-corrected chi connectivity index (χ1v) is 8.32. The molecule has 0 atom stereocenters. The van der Waals surface area contributed by atoms with Gasteiger partial charge < -0.3 is 9.47 Å². The molecule has 0 heterocycles. The zero-order valence-electron chi connectivity index (χ0n) is 11.8. The van der Waals surface area contributed by atoms with Gasteiger partial charge in [0.15, 0.2) is 0 Å². The number of rotatable bonds is 5. The number of nitrogens with one attached hydrogen (secondary N) is 1. The zero-order valence-corrected chi connectivity index (χ0v) is 14.1. The second kappa shape index (κ2) is 6.64. The number of ether oxygens (including phenoxy) is 2. The van der Waals surface area contributed by atoms with E-state index in [-0.39, 0.29) is 20.6 Å². The molecule has 5 nitrogen and oxygen atoms in total. The Morgan fingerprint density at radius 2 is 1.77 bits per heavy atom. The topological polar surface area (TPSA) is 64.6 Å². The molecule has 0 aromatic heterocycles. The Bertz CT molecular complexity index is 793. The molecule has 0 spiro atoms. The molecule has 0 radical (unpaired) electrons. The SMILES string of the molecule is COc1ccc(NS(=O)(=O)c2cccc(Cl)c2Cl)c(OC)c1. The van der Waals surface area contributed by atoms with Crippen molar-refractivity contribution in [1.82, 2.24) is 0 Å². The number of halogens is 2. The van der Waals surface area contributed by atoms with Crippen molar-refractivity contribution in [2.45, 2.75) is 4.90 Å². The predicted molar refractivity (Wildman–Crippen MR) is 86.8 cm³/mol. The van der Waals surface area contributed by atoms with Gasteiger partial charge in [0.05, 0.1) is 30.0 Å². The van der Waals surface area contributed by atoms with Gasteiger partial charge >= 0.3 is 0 Å². The highest BCUT2D eigenvalue weighted by Crippen LogP contribution is 2.34. The molecule has 8 heteroatoms. The number of hydrogen-bond donors (Lipinski definition) is 1. The predicted octanol–water partition coefficient (Wildman–Crippen LogP) is 3.81. The van der Waals surface area contributed by atoms with E-state index in [1.165, 1.54) is 38.5 Å². The van der Waals surface area contributed by atoms with E-state index in [0.29, 0.717) is 11.5 Å². The highest BCUT2D eigenvalue weighted by molar-refractivity contribution is 7.92. The first kappa shape index (κ1) is 16.7. The van der Waals surface area contributed by atoms with Crippen LogP contribution in [0.25, 0.3) is 0 Å². The van der Waals surface area contributed by atoms with Gasteiger partial charge in [-0.05, 0) is 24.3 Å². The minimum absolute atomic E-state index is 0.0378. The summed E-state index contributed by atoms with van der Waals surface area (Å²) in [7, 11) is -0.972. The molecule has 118 valence electrons. The minimum atomic E-state index is -3.91. The van der Waals surface area contributed by atoms with Gasteiger partial charge in [0.2, 0.25) is 0 Å². The summed E-state index contributed by atoms with van der Waals surface area (Å²) >= 11 is 11.8. The molecule has 0 bridgehead atoms. The molecule has 0 unspecified atom stereocenters. The number of anilines is 1. The van der Waals surface area contributed by atoms with Crippen molar-refractivity contribution in [1.29, 1.82) is 0 Å². The van der Waals surface area contributed by atoms with E-state index in [2.05, 4.69) is 4.72 Å². The molecule has 0 saturated heterocycles. The Morgan fingerprint density at radius 1 is 1.05 bits per heavy atom. The molecular formula is C14H13Cl2NO4S. The molecular weight excluding hydrogens is 349 g/mol. The average Bonchev–Trinajstić information content (AvgIpc) is 2.49. The highest BCUT2D eigenvalue weighted by atomic mass is 35.5. The lowest BCUT2D eigenvalue weighted by Gasteiger charge is -2.14. The van der Waals surface area contributed by atoms with Crippen molar-refractivity contribution in [3.05, 3.63) is 46.4 Å². The lowest BCUT2D eigenvalue weighted by Crippen LogP contribution is -2.14. The van der Waals surface area contributed by atoms with Crippen LogP contribution in [0.3, 0.4) is 0 Å². The molecule has 0 aliphatic carbocycles. The van der Waals surface area contributed by atoms with E-state index in [0.717, 1.165) is 0 Å². The van der Waals surface area contributed by atoms with Gasteiger partial charge in [-0.3, -0.25) is 4.72 Å². The third-order valence-electron chi connectivity index (χ3n) is 2.86. The van der Waals surface area contributed by atoms with E-state index in [9.17, 15) is 8.42 Å². The van der Waals surface area contributed by atoms with Gasteiger partial charge in [-0.15, -0.1) is 0 Å². The number of hydrogen-bond acceptors (Lipinski definition) is 4. The minimum Gasteiger partial charge on any atom is -0.497 e. The van der Waals surface area contributed by atoms with Crippen LogP contribution in [0.1, 0.15) is 0 Å². The summed E-state index contributed by atoms with van der Waals surface area (Å²) in [5.41, 5.74) is 0.263. The molecule has 0 amide bonds. The second-order valence-corrected chi connectivity index (χ2v) is 6.66. The molecule has 2 rings (SSSR count). The van der Waals surface area contributed by atoms with Crippen LogP contribution in [-0.2, 0) is 10.0 Å². The van der Waals surface area contributed by atoms with E-state index >= 15 is 0 Å². The zero-order chi connectivity index (χ0) is 16.3. The second-order valence-electron chi connectivity index (χ2n) is 4.22. The van der Waals surface area contributed by atoms with Crippen molar-refractivity contribution in [3.8, 4) is 11.5 Å². The van der Waals surface area contributed by atoms with Crippen molar-refractivity contribution < 1.29 is 17.9 Å². The van der Waals surface area contributed by atoms with Crippen molar-refractivity contribution in [2.24, 2.45) is 0 Å². The summed E-state index contributed by atoms with van der Waals surface area (Å²) in [6.07, 6.45) is 0. The fraction of sp³-hybridized carbons (Fsp3) is 0.143. The molecule has 0 fully saturated rings. The van der Waals surface area contributed by atoms with Gasteiger partial charge in [-0.1, -0.05) is 29.3 Å². The van der Waals surface area contributed by atoms with Gasteiger partial charge in [0.1, 0.15) is 16.4 Å². The molecule has 2 aromatic carbocycles. The average molecular weight is 362 g/mol. The maximum atomic E-state index is 12.5. The number of methoxy groups -OCH3 is 2. The van der Waals surface area contributed by atoms with Crippen molar-refractivity contribution in [3.63, 3.8) is 0 Å². The fourth-order valence-corrected chi connectivity index (χ4v) is 3.61. The summed E-state index contributed by atoms with van der Waals surface area (Å²) in [6.45, 7) is 0. The van der Waals surface area contributed by atoms with Crippen molar-refractivity contribution >= 4 is 38.9 Å². The smallest absolute Gasteiger partial charge is 0.263 e. The first-order chi connectivity index (χ1) is 10.4. The van der Waals surface area contributed by atoms with E-state index in [1.807, 2.05) is 0 Å². The Hall–Kier alpha value is -1.63. The van der Waals surface area contributed by atoms with Crippen LogP contribution in [-0.4, -0.2) is 22.6 Å². The fourth-order valence-electron chi connectivity index (χ4n) is 1.77. The quantitative estimate of drug-likeness (QED) is 0.879. The van der Waals surface area contributed by atoms with Crippen LogP contribution in [0.4, 0.5) is 5.69 Å². The Labute approximate surface area is 138 Å². The van der Waals surface area contributed by atoms with E-state index in [1.54, 1.807) is 12.1 Å². The first-order valence-electron chi connectivity index (χ1n) is 6.08. The van der Waals surface area contributed by atoms with Crippen LogP contribution in [0, 0.1) is 0 Å². The summed E-state index contributed by atoms with van der Waals surface area (Å²) in [4.78, 5) is -0.112. The van der Waals surface area contributed by atoms with E-state index < -0.39 is 10.0 Å². The Kier molecular flexibility index (Phi) is 5.05. The molecule has 1 N–H and O–H groups in total. The largest absolute Gasteiger partial charge is 0.497 e. The van der Waals surface area contributed by atoms with Crippen LogP contribution in [0.5, 0.6) is 11.5 Å². The van der Waals surface area contributed by atoms with Gasteiger partial charge in [0.25, 0.3) is 10.0 Å². The summed E-state index contributed by atoms with van der Waals surface area (Å²) in [6, 6.07) is 9.10. The third-order valence-corrected chi connectivity index (χ3v) is 5.20. The molecule has 2 aromatic rings. The molecule has 0 saturated carbocycles. The molecule has 0 aliphatic rings. The summed E-state index contributed by atoms with van der Waals surface area (Å²) in [5.74, 6) is 0.863. The standard InChI is InChI=1S/C14H13Cl2NO4S/c1-20-9-6-7-11(12(8-9)21-2)17-22(18,19)13-5-3-4-10(15)14(13)16/h3-8,17H,1-2H3. The summed E-state index contributed by atoms with van der Waals surface area (Å²) < 4.78 is 37.6. The number of benzene rings is 2. The molecule has 0 aliphatic heterocycles. The Morgan fingerprint density at radius 3 is 2.41 bits per heavy atom. The normalized spacial score (nSPS) is 11.1. The van der Waals surface area contributed by atoms with E-state index in [4.69, 9.17) is 32.7 Å². The number of sulfonamides is 1. The monoisotopic (exact) mass is 361 g/mol. The third kappa shape index (κ3) is 3.40. The maximum Gasteiger partial charge on any atom is 0.263 e. The Balaban J connectivity index is 2.43. The van der Waals surface area contributed by atoms with Crippen LogP contribution in [0.2, 0.25) is 10.0 Å². The van der Waals surface area contributed by atoms with Crippen molar-refractivity contribution in [2.75, 3.05) is 18.9 Å². The van der Waals surface area contributed by atoms with Gasteiger partial charge in [-0.2, -0.15) is 0 Å². The summed E-state index contributed by atoms with van der Waals surface area (Å²) in [5, 5.41) is 0.121. The maximum absolute atomic E-state index is 12.5. The van der Waals surface area contributed by atoms with Crippen LogP contribution < -0.4 is 14.2 Å².